The van der Waals surface area contributed by atoms with Gasteiger partial charge >= 0.3 is 6.03 Å². The zero-order chi connectivity index (χ0) is 12.0. The van der Waals surface area contributed by atoms with Crippen molar-refractivity contribution in [2.24, 2.45) is 0 Å². The van der Waals surface area contributed by atoms with Crippen LogP contribution in [0.3, 0.4) is 0 Å². The number of rotatable bonds is 3. The first-order chi connectivity index (χ1) is 7.67. The van der Waals surface area contributed by atoms with Crippen molar-refractivity contribution in [1.82, 2.24) is 10.2 Å². The van der Waals surface area contributed by atoms with E-state index >= 15 is 0 Å². The molecular formula is C10H15ClN2O3. The Kier molecular flexibility index (Phi) is 5.28. The van der Waals surface area contributed by atoms with Crippen LogP contribution in [0.25, 0.3) is 0 Å². The first-order valence-electron chi connectivity index (χ1n) is 4.99. The number of alkyl halides is 1. The highest BCUT2D eigenvalue weighted by Gasteiger charge is 2.18. The Morgan fingerprint density at radius 3 is 2.88 bits per heavy atom. The summed E-state index contributed by atoms with van der Waals surface area (Å²) in [5.74, 6) is -0.678. The van der Waals surface area contributed by atoms with E-state index in [1.54, 1.807) is 12.0 Å². The van der Waals surface area contributed by atoms with E-state index in [1.165, 1.54) is 5.57 Å². The monoisotopic (exact) mass is 246 g/mol. The van der Waals surface area contributed by atoms with Crippen molar-refractivity contribution >= 4 is 23.5 Å². The van der Waals surface area contributed by atoms with Crippen molar-refractivity contribution in [3.8, 4) is 0 Å². The predicted octanol–water partition coefficient (Wildman–Crippen LogP) is 0.740. The topological polar surface area (TPSA) is 58.6 Å². The van der Waals surface area contributed by atoms with Gasteiger partial charge in [-0.25, -0.2) is 4.79 Å². The van der Waals surface area contributed by atoms with Crippen LogP contribution in [-0.2, 0) is 9.53 Å². The number of imide groups is 1. The molecule has 16 heavy (non-hydrogen) atoms. The molecule has 0 fully saturated rings. The maximum Gasteiger partial charge on any atom is 0.324 e. The first-order valence-corrected chi connectivity index (χ1v) is 5.52. The van der Waals surface area contributed by atoms with Gasteiger partial charge in [-0.3, -0.25) is 10.1 Å². The molecular weight excluding hydrogens is 232 g/mol. The van der Waals surface area contributed by atoms with E-state index in [1.807, 2.05) is 6.08 Å². The Hall–Kier alpha value is -1.07. The number of nitrogens with zero attached hydrogens (tertiary/aromatic N) is 1. The second-order valence-corrected chi connectivity index (χ2v) is 3.75. The van der Waals surface area contributed by atoms with Crippen LogP contribution >= 0.6 is 11.6 Å². The number of halogens is 1. The molecule has 0 bridgehead atoms. The Labute approximate surface area is 99.4 Å². The highest BCUT2D eigenvalue weighted by atomic mass is 35.5. The summed E-state index contributed by atoms with van der Waals surface area (Å²) in [7, 11) is 1.64. The van der Waals surface area contributed by atoms with Gasteiger partial charge in [0.2, 0.25) is 5.91 Å². The summed E-state index contributed by atoms with van der Waals surface area (Å²) in [6, 6.07) is -0.390. The van der Waals surface area contributed by atoms with Crippen LogP contribution in [0, 0.1) is 0 Å². The molecule has 0 aromatic heterocycles. The summed E-state index contributed by atoms with van der Waals surface area (Å²) in [4.78, 5) is 24.0. The number of carbonyl (C=O) groups is 2. The van der Waals surface area contributed by atoms with E-state index in [2.05, 4.69) is 5.32 Å². The average Bonchev–Trinajstić information content (AvgIpc) is 2.30. The largest absolute Gasteiger partial charge is 0.380 e. The quantitative estimate of drug-likeness (QED) is 0.590. The van der Waals surface area contributed by atoms with Crippen molar-refractivity contribution in [1.29, 1.82) is 0 Å². The lowest BCUT2D eigenvalue weighted by atomic mass is 10.1. The molecule has 1 heterocycles. The molecule has 0 saturated heterocycles. The van der Waals surface area contributed by atoms with Gasteiger partial charge in [-0.15, -0.1) is 11.6 Å². The molecule has 3 amide bonds. The third-order valence-corrected chi connectivity index (χ3v) is 2.53. The summed E-state index contributed by atoms with van der Waals surface area (Å²) in [5, 5.41) is 2.20. The molecule has 0 atom stereocenters. The summed E-state index contributed by atoms with van der Waals surface area (Å²) >= 11 is 5.29. The third-order valence-electron chi connectivity index (χ3n) is 2.29. The van der Waals surface area contributed by atoms with Crippen LogP contribution in [0.2, 0.25) is 0 Å². The molecule has 0 aliphatic carbocycles. The lowest BCUT2D eigenvalue weighted by Gasteiger charge is -2.26. The van der Waals surface area contributed by atoms with Gasteiger partial charge < -0.3 is 9.64 Å². The molecule has 1 aliphatic rings. The second-order valence-electron chi connectivity index (χ2n) is 3.48. The van der Waals surface area contributed by atoms with Crippen molar-refractivity contribution in [2.75, 3.05) is 32.7 Å². The lowest BCUT2D eigenvalue weighted by Crippen LogP contribution is -2.45. The first kappa shape index (κ1) is 13.0. The minimum atomic E-state index is -0.474. The number of urea groups is 1. The Morgan fingerprint density at radius 1 is 1.62 bits per heavy atom. The van der Waals surface area contributed by atoms with E-state index in [-0.39, 0.29) is 5.88 Å². The van der Waals surface area contributed by atoms with Crippen molar-refractivity contribution in [2.45, 2.75) is 6.42 Å². The molecule has 1 aliphatic heterocycles. The number of methoxy groups -OCH3 is 1. The molecule has 0 radical (unpaired) electrons. The highest BCUT2D eigenvalue weighted by molar-refractivity contribution is 6.28. The van der Waals surface area contributed by atoms with E-state index < -0.39 is 11.9 Å². The van der Waals surface area contributed by atoms with E-state index in [0.29, 0.717) is 19.7 Å². The summed E-state index contributed by atoms with van der Waals surface area (Å²) in [6.45, 7) is 1.69. The van der Waals surface area contributed by atoms with Crippen molar-refractivity contribution < 1.29 is 14.3 Å². The van der Waals surface area contributed by atoms with Gasteiger partial charge in [-0.05, 0) is 12.0 Å². The van der Waals surface area contributed by atoms with E-state index in [9.17, 15) is 9.59 Å². The van der Waals surface area contributed by atoms with Crippen LogP contribution in [-0.4, -0.2) is 49.5 Å². The highest BCUT2D eigenvalue weighted by Crippen LogP contribution is 2.10. The third kappa shape index (κ3) is 3.83. The smallest absolute Gasteiger partial charge is 0.324 e. The fourth-order valence-electron chi connectivity index (χ4n) is 1.44. The predicted molar refractivity (Wildman–Crippen MR) is 60.4 cm³/mol. The molecule has 6 heteroatoms. The molecule has 1 rings (SSSR count). The Balaban J connectivity index is 2.41. The number of hydrogen-bond donors (Lipinski definition) is 1. The maximum absolute atomic E-state index is 11.5. The fourth-order valence-corrected chi connectivity index (χ4v) is 1.51. The Morgan fingerprint density at radius 2 is 2.38 bits per heavy atom. The number of nitrogens with one attached hydrogen (secondary N) is 1. The van der Waals surface area contributed by atoms with Gasteiger partial charge in [0.25, 0.3) is 0 Å². The van der Waals surface area contributed by atoms with Gasteiger partial charge in [0.1, 0.15) is 5.88 Å². The average molecular weight is 247 g/mol. The molecule has 0 aromatic carbocycles. The zero-order valence-corrected chi connectivity index (χ0v) is 9.92. The van der Waals surface area contributed by atoms with Gasteiger partial charge in [0.15, 0.2) is 0 Å². The molecule has 5 nitrogen and oxygen atoms in total. The maximum atomic E-state index is 11.5. The number of carbonyl (C=O) groups excluding carboxylic acids is 2. The molecule has 90 valence electrons. The van der Waals surface area contributed by atoms with Crippen LogP contribution in [0.1, 0.15) is 6.42 Å². The number of ether oxygens (including phenoxy) is 1. The van der Waals surface area contributed by atoms with Gasteiger partial charge in [-0.2, -0.15) is 0 Å². The second kappa shape index (κ2) is 6.50. The summed E-state index contributed by atoms with van der Waals surface area (Å²) in [6.07, 6.45) is 2.72. The molecule has 0 unspecified atom stereocenters. The minimum Gasteiger partial charge on any atom is -0.380 e. The molecule has 1 N–H and O–H groups in total. The fraction of sp³-hybridized carbons (Fsp3) is 0.600. The van der Waals surface area contributed by atoms with Gasteiger partial charge in [0, 0.05) is 20.2 Å². The van der Waals surface area contributed by atoms with Crippen molar-refractivity contribution in [3.05, 3.63) is 11.6 Å². The normalized spacial score (nSPS) is 15.6. The van der Waals surface area contributed by atoms with Crippen LogP contribution in [0.15, 0.2) is 11.6 Å². The molecule has 0 aromatic rings. The van der Waals surface area contributed by atoms with Gasteiger partial charge in [-0.1, -0.05) is 6.08 Å². The molecule has 0 saturated carbocycles. The van der Waals surface area contributed by atoms with Crippen LogP contribution in [0.4, 0.5) is 4.79 Å². The van der Waals surface area contributed by atoms with E-state index in [4.69, 9.17) is 16.3 Å². The summed E-state index contributed by atoms with van der Waals surface area (Å²) in [5.41, 5.74) is 1.18. The van der Waals surface area contributed by atoms with Crippen LogP contribution in [0.5, 0.6) is 0 Å². The lowest BCUT2D eigenvalue weighted by molar-refractivity contribution is -0.117. The standard InChI is InChI=1S/C10H15ClN2O3/c1-16-7-8-2-4-13(5-3-8)10(15)12-9(14)6-11/h2H,3-7H2,1H3,(H,12,14,15). The van der Waals surface area contributed by atoms with Crippen LogP contribution < -0.4 is 5.32 Å². The number of hydrogen-bond acceptors (Lipinski definition) is 3. The van der Waals surface area contributed by atoms with Crippen molar-refractivity contribution in [3.63, 3.8) is 0 Å². The number of amides is 3. The van der Waals surface area contributed by atoms with E-state index in [0.717, 1.165) is 6.42 Å². The summed E-state index contributed by atoms with van der Waals surface area (Å²) < 4.78 is 5.00. The SMILES string of the molecule is COCC1=CCN(C(=O)NC(=O)CCl)CC1. The molecule has 0 spiro atoms. The van der Waals surface area contributed by atoms with Gasteiger partial charge in [0.05, 0.1) is 6.61 Å². The zero-order valence-electron chi connectivity index (χ0n) is 9.16. The Bertz CT molecular complexity index is 304. The minimum absolute atomic E-state index is 0.204.